The molecule has 0 aliphatic carbocycles. The number of nitrogens with zero attached hydrogens (tertiary/aromatic N) is 2. The predicted octanol–water partition coefficient (Wildman–Crippen LogP) is 2.49. The van der Waals surface area contributed by atoms with Crippen LogP contribution >= 0.6 is 0 Å². The van der Waals surface area contributed by atoms with Crippen molar-refractivity contribution in [3.63, 3.8) is 0 Å². The Bertz CT molecular complexity index is 682. The number of hydrogen-bond acceptors (Lipinski definition) is 3. The van der Waals surface area contributed by atoms with Crippen LogP contribution in [0.1, 0.15) is 24.3 Å². The molecule has 112 valence electrons. The third kappa shape index (κ3) is 2.49. The van der Waals surface area contributed by atoms with Gasteiger partial charge in [0.1, 0.15) is 5.69 Å². The van der Waals surface area contributed by atoms with Gasteiger partial charge >= 0.3 is 5.97 Å². The van der Waals surface area contributed by atoms with Gasteiger partial charge in [-0.15, -0.1) is 0 Å². The normalized spacial score (nSPS) is 22.7. The average molecular weight is 288 g/mol. The Kier molecular flexibility index (Phi) is 3.37. The van der Waals surface area contributed by atoms with Crippen LogP contribution in [0.5, 0.6) is 0 Å². The Balaban J connectivity index is 1.99. The third-order valence-electron chi connectivity index (χ3n) is 4.03. The molecule has 2 aromatic rings. The van der Waals surface area contributed by atoms with Crippen LogP contribution in [-0.2, 0) is 11.8 Å². The molecule has 1 saturated heterocycles. The minimum absolute atomic E-state index is 0.204. The Morgan fingerprint density at radius 1 is 1.24 bits per heavy atom. The number of aromatic nitrogens is 1. The van der Waals surface area contributed by atoms with Crippen molar-refractivity contribution in [2.24, 2.45) is 7.05 Å². The maximum Gasteiger partial charge on any atom is 0.352 e. The molecule has 1 fully saturated rings. The second-order valence-corrected chi connectivity index (χ2v) is 5.80. The predicted molar refractivity (Wildman–Crippen MR) is 82.1 cm³/mol. The molecule has 21 heavy (non-hydrogen) atoms. The molecule has 0 spiro atoms. The summed E-state index contributed by atoms with van der Waals surface area (Å²) in [5, 5.41) is 10.2. The number of aromatic carboxylic acids is 1. The standard InChI is InChI=1S/C16H20N2O3/c1-10-8-18(9-11(2)21-10)13-4-5-14-12(6-13)7-15(16(19)20)17(14)3/h4-7,10-11H,8-9H2,1-3H3,(H,19,20). The van der Waals surface area contributed by atoms with Crippen LogP contribution in [0.3, 0.4) is 0 Å². The van der Waals surface area contributed by atoms with Gasteiger partial charge in [-0.2, -0.15) is 0 Å². The fourth-order valence-corrected chi connectivity index (χ4v) is 3.13. The van der Waals surface area contributed by atoms with E-state index in [4.69, 9.17) is 4.74 Å². The number of carboxylic acids is 1. The molecule has 1 aromatic heterocycles. The molecule has 3 rings (SSSR count). The van der Waals surface area contributed by atoms with Gasteiger partial charge in [0.05, 0.1) is 12.2 Å². The number of rotatable bonds is 2. The first kappa shape index (κ1) is 13.9. The zero-order valence-corrected chi connectivity index (χ0v) is 12.5. The Labute approximate surface area is 123 Å². The Hall–Kier alpha value is -2.01. The van der Waals surface area contributed by atoms with Crippen molar-refractivity contribution in [3.05, 3.63) is 30.0 Å². The second kappa shape index (κ2) is 5.07. The first-order valence-corrected chi connectivity index (χ1v) is 7.19. The second-order valence-electron chi connectivity index (χ2n) is 5.80. The lowest BCUT2D eigenvalue weighted by Gasteiger charge is -2.36. The number of fused-ring (bicyclic) bond motifs is 1. The van der Waals surface area contributed by atoms with Crippen LogP contribution in [0.2, 0.25) is 0 Å². The highest BCUT2D eigenvalue weighted by Gasteiger charge is 2.23. The van der Waals surface area contributed by atoms with E-state index in [1.165, 1.54) is 0 Å². The van der Waals surface area contributed by atoms with Crippen LogP contribution < -0.4 is 4.90 Å². The monoisotopic (exact) mass is 288 g/mol. The minimum atomic E-state index is -0.899. The molecule has 2 atom stereocenters. The van der Waals surface area contributed by atoms with Crippen LogP contribution in [0.15, 0.2) is 24.3 Å². The Morgan fingerprint density at radius 2 is 1.90 bits per heavy atom. The van der Waals surface area contributed by atoms with E-state index < -0.39 is 5.97 Å². The molecule has 0 saturated carbocycles. The summed E-state index contributed by atoms with van der Waals surface area (Å²) in [5.41, 5.74) is 2.36. The fraction of sp³-hybridized carbons (Fsp3) is 0.438. The number of benzene rings is 1. The molecular formula is C16H20N2O3. The minimum Gasteiger partial charge on any atom is -0.477 e. The molecule has 1 aromatic carbocycles. The van der Waals surface area contributed by atoms with Crippen molar-refractivity contribution in [1.29, 1.82) is 0 Å². The highest BCUT2D eigenvalue weighted by atomic mass is 16.5. The smallest absolute Gasteiger partial charge is 0.352 e. The molecule has 5 nitrogen and oxygen atoms in total. The summed E-state index contributed by atoms with van der Waals surface area (Å²) in [6.45, 7) is 5.86. The summed E-state index contributed by atoms with van der Waals surface area (Å²) >= 11 is 0. The van der Waals surface area contributed by atoms with E-state index in [1.807, 2.05) is 6.07 Å². The molecular weight excluding hydrogens is 268 g/mol. The highest BCUT2D eigenvalue weighted by Crippen LogP contribution is 2.27. The Morgan fingerprint density at radius 3 is 2.52 bits per heavy atom. The number of hydrogen-bond donors (Lipinski definition) is 1. The van der Waals surface area contributed by atoms with E-state index in [0.29, 0.717) is 5.69 Å². The van der Waals surface area contributed by atoms with Gasteiger partial charge in [-0.3, -0.25) is 0 Å². The number of morpholine rings is 1. The van der Waals surface area contributed by atoms with E-state index in [0.717, 1.165) is 29.7 Å². The molecule has 0 bridgehead atoms. The van der Waals surface area contributed by atoms with Crippen molar-refractivity contribution in [2.75, 3.05) is 18.0 Å². The topological polar surface area (TPSA) is 54.7 Å². The molecule has 0 amide bonds. The van der Waals surface area contributed by atoms with Crippen LogP contribution in [0.25, 0.3) is 10.9 Å². The lowest BCUT2D eigenvalue weighted by molar-refractivity contribution is -0.00521. The summed E-state index contributed by atoms with van der Waals surface area (Å²) in [7, 11) is 1.78. The molecule has 2 unspecified atom stereocenters. The number of carbonyl (C=O) groups is 1. The van der Waals surface area contributed by atoms with Crippen LogP contribution in [0.4, 0.5) is 5.69 Å². The van der Waals surface area contributed by atoms with E-state index in [9.17, 15) is 9.90 Å². The third-order valence-corrected chi connectivity index (χ3v) is 4.03. The summed E-state index contributed by atoms with van der Waals surface area (Å²) in [5.74, 6) is -0.899. The van der Waals surface area contributed by atoms with Gasteiger partial charge < -0.3 is 19.3 Å². The zero-order chi connectivity index (χ0) is 15.1. The van der Waals surface area contributed by atoms with E-state index >= 15 is 0 Å². The average Bonchev–Trinajstić information content (AvgIpc) is 2.75. The van der Waals surface area contributed by atoms with Crippen molar-refractivity contribution < 1.29 is 14.6 Å². The molecule has 0 radical (unpaired) electrons. The van der Waals surface area contributed by atoms with Crippen molar-refractivity contribution in [2.45, 2.75) is 26.1 Å². The summed E-state index contributed by atoms with van der Waals surface area (Å²) in [6, 6.07) is 7.83. The van der Waals surface area contributed by atoms with Gasteiger partial charge in [0.25, 0.3) is 0 Å². The van der Waals surface area contributed by atoms with Crippen molar-refractivity contribution >= 4 is 22.6 Å². The number of aryl methyl sites for hydroxylation is 1. The maximum atomic E-state index is 11.2. The number of anilines is 1. The van der Waals surface area contributed by atoms with Gasteiger partial charge in [0.2, 0.25) is 0 Å². The van der Waals surface area contributed by atoms with Crippen molar-refractivity contribution in [1.82, 2.24) is 4.57 Å². The number of ether oxygens (including phenoxy) is 1. The summed E-state index contributed by atoms with van der Waals surface area (Å²) in [6.07, 6.45) is 0.407. The maximum absolute atomic E-state index is 11.2. The quantitative estimate of drug-likeness (QED) is 0.922. The molecule has 1 aliphatic heterocycles. The van der Waals surface area contributed by atoms with Crippen LogP contribution in [0, 0.1) is 0 Å². The summed E-state index contributed by atoms with van der Waals surface area (Å²) < 4.78 is 7.47. The lowest BCUT2D eigenvalue weighted by Crippen LogP contribution is -2.45. The van der Waals surface area contributed by atoms with E-state index in [2.05, 4.69) is 30.9 Å². The van der Waals surface area contributed by atoms with Gasteiger partial charge in [-0.25, -0.2) is 4.79 Å². The van der Waals surface area contributed by atoms with Crippen LogP contribution in [-0.4, -0.2) is 40.9 Å². The zero-order valence-electron chi connectivity index (χ0n) is 12.5. The lowest BCUT2D eigenvalue weighted by atomic mass is 10.1. The largest absolute Gasteiger partial charge is 0.477 e. The molecule has 2 heterocycles. The van der Waals surface area contributed by atoms with Gasteiger partial charge in [0.15, 0.2) is 0 Å². The highest BCUT2D eigenvalue weighted by molar-refractivity contribution is 5.95. The fourth-order valence-electron chi connectivity index (χ4n) is 3.13. The van der Waals surface area contributed by atoms with Gasteiger partial charge in [-0.1, -0.05) is 0 Å². The molecule has 1 N–H and O–H groups in total. The molecule has 5 heteroatoms. The van der Waals surface area contributed by atoms with Crippen molar-refractivity contribution in [3.8, 4) is 0 Å². The first-order chi connectivity index (χ1) is 9.95. The number of carboxylic acid groups (broad SMARTS) is 1. The van der Waals surface area contributed by atoms with Gasteiger partial charge in [-0.05, 0) is 38.1 Å². The first-order valence-electron chi connectivity index (χ1n) is 7.19. The summed E-state index contributed by atoms with van der Waals surface area (Å²) in [4.78, 5) is 13.5. The van der Waals surface area contributed by atoms with E-state index in [-0.39, 0.29) is 12.2 Å². The van der Waals surface area contributed by atoms with Gasteiger partial charge in [0, 0.05) is 36.7 Å². The SMILES string of the molecule is CC1CN(c2ccc3c(c2)cc(C(=O)O)n3C)CC(C)O1. The van der Waals surface area contributed by atoms with E-state index in [1.54, 1.807) is 17.7 Å². The molecule has 1 aliphatic rings.